The van der Waals surface area contributed by atoms with E-state index in [1.807, 2.05) is 0 Å². The Labute approximate surface area is 78.7 Å². The highest BCUT2D eigenvalue weighted by Crippen LogP contribution is 2.22. The lowest BCUT2D eigenvalue weighted by Crippen LogP contribution is -2.14. The van der Waals surface area contributed by atoms with Crippen molar-refractivity contribution in [1.82, 2.24) is 0 Å². The second-order valence-corrected chi connectivity index (χ2v) is 13.7. The van der Waals surface area contributed by atoms with Gasteiger partial charge in [0.25, 0.3) is 0 Å². The standard InChI is InChI=1S/C8H20SSi2/c1-5-10(6-2)9-11(7-3)8-4/h5-8H2,1-4H3. The first-order chi connectivity index (χ1) is 5.28. The molecule has 0 aliphatic rings. The minimum atomic E-state index is 0.0157. The van der Waals surface area contributed by atoms with Crippen molar-refractivity contribution in [2.45, 2.75) is 51.9 Å². The number of hydrogen-bond acceptors (Lipinski definition) is 1. The maximum absolute atomic E-state index is 2.39. The highest BCUT2D eigenvalue weighted by Gasteiger charge is 2.13. The summed E-state index contributed by atoms with van der Waals surface area (Å²) in [5.41, 5.74) is 0. The average molecular weight is 204 g/mol. The van der Waals surface area contributed by atoms with Crippen LogP contribution >= 0.6 is 10.7 Å². The Hall–Kier alpha value is 0.784. The smallest absolute Gasteiger partial charge is 0.113 e. The Morgan fingerprint density at radius 2 is 1.00 bits per heavy atom. The van der Waals surface area contributed by atoms with Gasteiger partial charge in [-0.05, 0) is 0 Å². The van der Waals surface area contributed by atoms with Crippen LogP contribution in [0, 0.1) is 0 Å². The highest BCUT2D eigenvalue weighted by atomic mass is 32.5. The molecule has 3 heteroatoms. The fourth-order valence-electron chi connectivity index (χ4n) is 0.993. The highest BCUT2D eigenvalue weighted by molar-refractivity contribution is 8.45. The third-order valence-electron chi connectivity index (χ3n) is 1.87. The molecule has 66 valence electrons. The van der Waals surface area contributed by atoms with Gasteiger partial charge in [0.15, 0.2) is 0 Å². The van der Waals surface area contributed by atoms with Crippen LogP contribution in [0.4, 0.5) is 0 Å². The Morgan fingerprint density at radius 3 is 1.18 bits per heavy atom. The minimum Gasteiger partial charge on any atom is -0.209 e. The second-order valence-electron chi connectivity index (χ2n) is 2.59. The molecule has 0 aromatic carbocycles. The first-order valence-corrected chi connectivity index (χ1v) is 10.7. The first kappa shape index (κ1) is 11.8. The second kappa shape index (κ2) is 7.43. The predicted octanol–water partition coefficient (Wildman–Crippen LogP) is 3.78. The lowest BCUT2D eigenvalue weighted by Gasteiger charge is -2.15. The normalized spacial score (nSPS) is 11.5. The first-order valence-electron chi connectivity index (χ1n) is 4.65. The van der Waals surface area contributed by atoms with Gasteiger partial charge < -0.3 is 0 Å². The van der Waals surface area contributed by atoms with Crippen molar-refractivity contribution in [1.29, 1.82) is 0 Å². The van der Waals surface area contributed by atoms with E-state index in [-0.39, 0.29) is 15.9 Å². The molecule has 0 fully saturated rings. The lowest BCUT2D eigenvalue weighted by molar-refractivity contribution is 1.34. The molecule has 0 amide bonds. The van der Waals surface area contributed by atoms with Gasteiger partial charge in [-0.2, -0.15) is 0 Å². The zero-order valence-electron chi connectivity index (χ0n) is 8.24. The van der Waals surface area contributed by atoms with Gasteiger partial charge in [-0.25, -0.2) is 10.7 Å². The van der Waals surface area contributed by atoms with Gasteiger partial charge in [-0.15, -0.1) is 0 Å². The molecule has 0 rings (SSSR count). The van der Waals surface area contributed by atoms with Gasteiger partial charge in [0.05, 0.1) is 0 Å². The molecular weight excluding hydrogens is 184 g/mol. The van der Waals surface area contributed by atoms with Crippen LogP contribution in [0.1, 0.15) is 27.7 Å². The molecule has 0 spiro atoms. The van der Waals surface area contributed by atoms with Gasteiger partial charge in [-0.3, -0.25) is 0 Å². The van der Waals surface area contributed by atoms with Crippen molar-refractivity contribution in [2.75, 3.05) is 0 Å². The van der Waals surface area contributed by atoms with Crippen LogP contribution in [0.5, 0.6) is 0 Å². The summed E-state index contributed by atoms with van der Waals surface area (Å²) < 4.78 is 0. The Kier molecular flexibility index (Phi) is 7.96. The van der Waals surface area contributed by atoms with E-state index in [9.17, 15) is 0 Å². The van der Waals surface area contributed by atoms with E-state index in [1.54, 1.807) is 0 Å². The van der Waals surface area contributed by atoms with Crippen molar-refractivity contribution in [3.05, 3.63) is 0 Å². The van der Waals surface area contributed by atoms with E-state index in [2.05, 4.69) is 38.4 Å². The summed E-state index contributed by atoms with van der Waals surface area (Å²) in [6.07, 6.45) is 0. The van der Waals surface area contributed by atoms with E-state index in [4.69, 9.17) is 0 Å². The Morgan fingerprint density at radius 1 is 0.727 bits per heavy atom. The monoisotopic (exact) mass is 204 g/mol. The van der Waals surface area contributed by atoms with Gasteiger partial charge in [0, 0.05) is 0 Å². The van der Waals surface area contributed by atoms with Crippen molar-refractivity contribution in [3.8, 4) is 0 Å². The molecule has 11 heavy (non-hydrogen) atoms. The van der Waals surface area contributed by atoms with Crippen LogP contribution in [0.3, 0.4) is 0 Å². The molecule has 0 saturated heterocycles. The van der Waals surface area contributed by atoms with Crippen LogP contribution in [-0.2, 0) is 0 Å². The maximum atomic E-state index is 2.39. The van der Waals surface area contributed by atoms with Crippen LogP contribution in [0.2, 0.25) is 24.2 Å². The van der Waals surface area contributed by atoms with Gasteiger partial charge in [0.1, 0.15) is 15.9 Å². The van der Waals surface area contributed by atoms with Crippen molar-refractivity contribution < 1.29 is 0 Å². The van der Waals surface area contributed by atoms with E-state index >= 15 is 0 Å². The number of rotatable bonds is 6. The van der Waals surface area contributed by atoms with Gasteiger partial charge in [0.2, 0.25) is 0 Å². The molecule has 0 heterocycles. The van der Waals surface area contributed by atoms with E-state index < -0.39 is 0 Å². The molecule has 0 aliphatic heterocycles. The largest absolute Gasteiger partial charge is 0.209 e. The Balaban J connectivity index is 3.58. The molecule has 0 atom stereocenters. The lowest BCUT2D eigenvalue weighted by atomic mass is 11.0. The SMILES string of the molecule is CC[Si](CC)S[Si](CC)CC. The fraction of sp³-hybridized carbons (Fsp3) is 1.00. The molecule has 0 aromatic rings. The third-order valence-corrected chi connectivity index (χ3v) is 16.0. The van der Waals surface area contributed by atoms with E-state index in [0.29, 0.717) is 0 Å². The molecular formula is C8H20SSi2. The zero-order chi connectivity index (χ0) is 8.69. The van der Waals surface area contributed by atoms with Crippen LogP contribution < -0.4 is 0 Å². The summed E-state index contributed by atoms with van der Waals surface area (Å²) >= 11 is 0. The summed E-state index contributed by atoms with van der Waals surface area (Å²) in [5.74, 6) is 0. The third kappa shape index (κ3) is 5.09. The Bertz CT molecular complexity index is 70.2. The summed E-state index contributed by atoms with van der Waals surface area (Å²) in [6, 6.07) is 5.83. The molecule has 0 aliphatic carbocycles. The molecule has 0 unspecified atom stereocenters. The molecule has 0 nitrogen and oxygen atoms in total. The van der Waals surface area contributed by atoms with Gasteiger partial charge in [-0.1, -0.05) is 51.9 Å². The maximum Gasteiger partial charge on any atom is 0.113 e. The van der Waals surface area contributed by atoms with Crippen molar-refractivity contribution in [3.63, 3.8) is 0 Å². The minimum absolute atomic E-state index is 0.0157. The van der Waals surface area contributed by atoms with Crippen molar-refractivity contribution >= 4 is 26.6 Å². The fourth-order valence-corrected chi connectivity index (χ4v) is 14.8. The number of hydrogen-bond donors (Lipinski definition) is 0. The molecule has 0 saturated carbocycles. The van der Waals surface area contributed by atoms with Crippen LogP contribution in [-0.4, -0.2) is 15.9 Å². The topological polar surface area (TPSA) is 0 Å². The summed E-state index contributed by atoms with van der Waals surface area (Å²) in [5, 5.41) is 0. The zero-order valence-corrected chi connectivity index (χ0v) is 11.1. The van der Waals surface area contributed by atoms with Crippen LogP contribution in [0.25, 0.3) is 0 Å². The van der Waals surface area contributed by atoms with Crippen molar-refractivity contribution in [2.24, 2.45) is 0 Å². The molecule has 0 aromatic heterocycles. The molecule has 0 bridgehead atoms. The van der Waals surface area contributed by atoms with E-state index in [1.165, 1.54) is 24.2 Å². The van der Waals surface area contributed by atoms with E-state index in [0.717, 1.165) is 0 Å². The summed E-state index contributed by atoms with van der Waals surface area (Å²) in [4.78, 5) is 0. The summed E-state index contributed by atoms with van der Waals surface area (Å²) in [6.45, 7) is 9.43. The predicted molar refractivity (Wildman–Crippen MR) is 61.0 cm³/mol. The quantitative estimate of drug-likeness (QED) is 0.593. The summed E-state index contributed by atoms with van der Waals surface area (Å²) in [7, 11) is 2.42. The van der Waals surface area contributed by atoms with Gasteiger partial charge >= 0.3 is 0 Å². The van der Waals surface area contributed by atoms with Crippen LogP contribution in [0.15, 0.2) is 0 Å². The molecule has 2 radical (unpaired) electrons. The molecule has 0 N–H and O–H groups in total. The average Bonchev–Trinajstić information content (AvgIpc) is 2.07.